The summed E-state index contributed by atoms with van der Waals surface area (Å²) >= 11 is 0. The molecule has 1 aliphatic carbocycles. The van der Waals surface area contributed by atoms with Crippen molar-refractivity contribution in [1.29, 1.82) is 0 Å². The number of furan rings is 1. The first-order valence-corrected chi connectivity index (χ1v) is 20.6. The molecule has 11 aromatic rings. The van der Waals surface area contributed by atoms with E-state index in [0.717, 1.165) is 61.1 Å². The summed E-state index contributed by atoms with van der Waals surface area (Å²) in [6.45, 7) is 4.69. The molecule has 9 aromatic carbocycles. The summed E-state index contributed by atoms with van der Waals surface area (Å²) in [7, 11) is 0. The van der Waals surface area contributed by atoms with E-state index in [1.165, 1.54) is 54.9 Å². The largest absolute Gasteiger partial charge is 0.456 e. The summed E-state index contributed by atoms with van der Waals surface area (Å²) in [5.74, 6) is 0.709. The predicted octanol–water partition coefficient (Wildman–Crippen LogP) is 15.3. The molecule has 0 spiro atoms. The molecule has 0 atom stereocenters. The Kier molecular flexibility index (Phi) is 7.58. The van der Waals surface area contributed by atoms with Crippen molar-refractivity contribution in [2.75, 3.05) is 0 Å². The van der Waals surface area contributed by atoms with Gasteiger partial charge >= 0.3 is 0 Å². The fourth-order valence-electron chi connectivity index (χ4n) is 9.66. The molecule has 0 saturated carbocycles. The lowest BCUT2D eigenvalue weighted by Gasteiger charge is -2.22. The third-order valence-electron chi connectivity index (χ3n) is 12.7. The standard InChI is InChI=1S/C57H38N2O/c1-57(2)48-22-12-21-45(54(48)46-31-39-16-6-7-17-40(39)33-49(46)57)51-34-50(58-56(59-51)38-14-4-3-5-15-38)37-25-23-36(24-26-37)42-18-10-11-19-43(42)41-28-29-52-47(32-41)55-44-20-9-8-13-35(44)27-30-53(55)60-52/h3-34H,1-2H3. The average molecular weight is 767 g/mol. The second-order valence-electron chi connectivity index (χ2n) is 16.5. The zero-order chi connectivity index (χ0) is 40.0. The van der Waals surface area contributed by atoms with Crippen LogP contribution in [0.25, 0.3) is 111 Å². The van der Waals surface area contributed by atoms with Gasteiger partial charge in [-0.3, -0.25) is 0 Å². The SMILES string of the molecule is CC1(C)c2cc3ccccc3cc2-c2c(-c3cc(-c4ccc(-c5ccccc5-c5ccc6oc7ccc8ccccc8c7c6c5)cc4)nc(-c4ccccc4)n3)cccc21. The smallest absolute Gasteiger partial charge is 0.160 e. The van der Waals surface area contributed by atoms with E-state index in [0.29, 0.717) is 5.82 Å². The van der Waals surface area contributed by atoms with Crippen LogP contribution in [0.1, 0.15) is 25.0 Å². The van der Waals surface area contributed by atoms with Gasteiger partial charge in [0.1, 0.15) is 11.2 Å². The number of nitrogens with zero attached hydrogens (tertiary/aromatic N) is 2. The highest BCUT2D eigenvalue weighted by atomic mass is 16.3. The van der Waals surface area contributed by atoms with Crippen LogP contribution in [0.4, 0.5) is 0 Å². The lowest BCUT2D eigenvalue weighted by molar-refractivity contribution is 0.661. The van der Waals surface area contributed by atoms with Gasteiger partial charge in [0.15, 0.2) is 5.82 Å². The van der Waals surface area contributed by atoms with Gasteiger partial charge in [-0.1, -0.05) is 172 Å². The summed E-state index contributed by atoms with van der Waals surface area (Å²) in [6, 6.07) is 69.5. The molecule has 1 aliphatic rings. The average Bonchev–Trinajstić information content (AvgIpc) is 3.79. The summed E-state index contributed by atoms with van der Waals surface area (Å²) in [5.41, 5.74) is 16.4. The van der Waals surface area contributed by atoms with Crippen LogP contribution in [0.5, 0.6) is 0 Å². The van der Waals surface area contributed by atoms with E-state index in [1.807, 2.05) is 6.07 Å². The molecule has 3 heteroatoms. The Balaban J connectivity index is 0.973. The molecule has 3 nitrogen and oxygen atoms in total. The van der Waals surface area contributed by atoms with E-state index in [-0.39, 0.29) is 5.41 Å². The van der Waals surface area contributed by atoms with Crippen LogP contribution in [0.15, 0.2) is 199 Å². The predicted molar refractivity (Wildman–Crippen MR) is 249 cm³/mol. The number of rotatable bonds is 5. The highest BCUT2D eigenvalue weighted by molar-refractivity contribution is 6.19. The lowest BCUT2D eigenvalue weighted by Crippen LogP contribution is -2.14. The molecule has 0 bridgehead atoms. The lowest BCUT2D eigenvalue weighted by atomic mass is 9.81. The Bertz CT molecular complexity index is 3500. The molecule has 2 heterocycles. The second kappa shape index (κ2) is 13.2. The molecular weight excluding hydrogens is 729 g/mol. The van der Waals surface area contributed by atoms with Crippen molar-refractivity contribution in [3.8, 4) is 67.3 Å². The molecule has 60 heavy (non-hydrogen) atoms. The number of benzene rings is 9. The van der Waals surface area contributed by atoms with Gasteiger partial charge in [-0.25, -0.2) is 9.97 Å². The highest BCUT2D eigenvalue weighted by Gasteiger charge is 2.37. The maximum Gasteiger partial charge on any atom is 0.160 e. The molecule has 0 saturated heterocycles. The van der Waals surface area contributed by atoms with Crippen LogP contribution in [0.2, 0.25) is 0 Å². The van der Waals surface area contributed by atoms with Crippen LogP contribution < -0.4 is 0 Å². The molecule has 0 unspecified atom stereocenters. The van der Waals surface area contributed by atoms with E-state index in [1.54, 1.807) is 0 Å². The van der Waals surface area contributed by atoms with E-state index >= 15 is 0 Å². The fourth-order valence-corrected chi connectivity index (χ4v) is 9.66. The van der Waals surface area contributed by atoms with Crippen molar-refractivity contribution in [2.24, 2.45) is 0 Å². The molecule has 2 aromatic heterocycles. The molecule has 0 amide bonds. The summed E-state index contributed by atoms with van der Waals surface area (Å²) in [4.78, 5) is 10.5. The quantitative estimate of drug-likeness (QED) is 0.175. The third-order valence-corrected chi connectivity index (χ3v) is 12.7. The van der Waals surface area contributed by atoms with Gasteiger partial charge in [0, 0.05) is 32.9 Å². The van der Waals surface area contributed by atoms with Crippen molar-refractivity contribution in [3.05, 3.63) is 205 Å². The number of hydrogen-bond acceptors (Lipinski definition) is 3. The van der Waals surface area contributed by atoms with Crippen LogP contribution in [0.3, 0.4) is 0 Å². The number of hydrogen-bond donors (Lipinski definition) is 0. The molecule has 0 aliphatic heterocycles. The van der Waals surface area contributed by atoms with Gasteiger partial charge in [-0.15, -0.1) is 0 Å². The van der Waals surface area contributed by atoms with Gasteiger partial charge < -0.3 is 4.42 Å². The minimum Gasteiger partial charge on any atom is -0.456 e. The van der Waals surface area contributed by atoms with Crippen LogP contribution in [0, 0.1) is 0 Å². The molecule has 0 N–H and O–H groups in total. The first-order chi connectivity index (χ1) is 29.5. The van der Waals surface area contributed by atoms with Crippen molar-refractivity contribution >= 4 is 43.5 Å². The zero-order valence-electron chi connectivity index (χ0n) is 33.3. The Morgan fingerprint density at radius 1 is 0.383 bits per heavy atom. The van der Waals surface area contributed by atoms with Crippen molar-refractivity contribution < 1.29 is 4.42 Å². The fraction of sp³-hybridized carbons (Fsp3) is 0.0526. The monoisotopic (exact) mass is 766 g/mol. The molecule has 282 valence electrons. The Hall–Kier alpha value is -7.62. The molecule has 12 rings (SSSR count). The zero-order valence-corrected chi connectivity index (χ0v) is 33.3. The maximum atomic E-state index is 6.35. The summed E-state index contributed by atoms with van der Waals surface area (Å²) in [6.07, 6.45) is 0. The second-order valence-corrected chi connectivity index (χ2v) is 16.5. The number of aromatic nitrogens is 2. The normalized spacial score (nSPS) is 13.0. The van der Waals surface area contributed by atoms with Gasteiger partial charge in [0.2, 0.25) is 0 Å². The van der Waals surface area contributed by atoms with Gasteiger partial charge in [-0.05, 0) is 102 Å². The van der Waals surface area contributed by atoms with E-state index in [4.69, 9.17) is 14.4 Å². The maximum absolute atomic E-state index is 6.35. The molecule has 0 radical (unpaired) electrons. The van der Waals surface area contributed by atoms with E-state index in [9.17, 15) is 0 Å². The van der Waals surface area contributed by atoms with Gasteiger partial charge in [-0.2, -0.15) is 0 Å². The van der Waals surface area contributed by atoms with Crippen molar-refractivity contribution in [3.63, 3.8) is 0 Å². The Morgan fingerprint density at radius 2 is 1.02 bits per heavy atom. The Labute approximate surface area is 348 Å². The van der Waals surface area contributed by atoms with Crippen LogP contribution in [-0.2, 0) is 5.41 Å². The van der Waals surface area contributed by atoms with Crippen molar-refractivity contribution in [1.82, 2.24) is 9.97 Å². The van der Waals surface area contributed by atoms with Gasteiger partial charge in [0.05, 0.1) is 11.4 Å². The number of fused-ring (bicyclic) bond motifs is 9. The summed E-state index contributed by atoms with van der Waals surface area (Å²) in [5, 5.41) is 7.21. The topological polar surface area (TPSA) is 38.9 Å². The highest BCUT2D eigenvalue weighted by Crippen LogP contribution is 2.53. The van der Waals surface area contributed by atoms with Crippen LogP contribution >= 0.6 is 0 Å². The third kappa shape index (κ3) is 5.36. The first kappa shape index (κ1) is 34.4. The van der Waals surface area contributed by atoms with E-state index < -0.39 is 0 Å². The van der Waals surface area contributed by atoms with E-state index in [2.05, 4.69) is 202 Å². The first-order valence-electron chi connectivity index (χ1n) is 20.6. The molecular formula is C57H38N2O. The minimum absolute atomic E-state index is 0.151. The minimum atomic E-state index is -0.151. The van der Waals surface area contributed by atoms with Gasteiger partial charge in [0.25, 0.3) is 0 Å². The molecule has 0 fully saturated rings. The van der Waals surface area contributed by atoms with Crippen molar-refractivity contribution in [2.45, 2.75) is 19.3 Å². The van der Waals surface area contributed by atoms with Crippen LogP contribution in [-0.4, -0.2) is 9.97 Å². The summed E-state index contributed by atoms with van der Waals surface area (Å²) < 4.78 is 6.35. The Morgan fingerprint density at radius 3 is 1.83 bits per heavy atom.